The molecule has 0 amide bonds. The van der Waals surface area contributed by atoms with E-state index in [4.69, 9.17) is 25.9 Å². The van der Waals surface area contributed by atoms with Crippen molar-refractivity contribution in [2.75, 3.05) is 0 Å². The zero-order chi connectivity index (χ0) is 5.58. The van der Waals surface area contributed by atoms with Gasteiger partial charge in [-0.1, -0.05) is 0 Å². The molecule has 0 bridgehead atoms. The Morgan fingerprint density at radius 2 is 1.43 bits per heavy atom. The van der Waals surface area contributed by atoms with Crippen LogP contribution in [-0.2, 0) is 4.46 Å². The first kappa shape index (κ1) is 15.7. The van der Waals surface area contributed by atoms with E-state index in [2.05, 4.69) is 0 Å². The molecule has 7 heavy (non-hydrogen) atoms. The van der Waals surface area contributed by atoms with Crippen LogP contribution in [0.1, 0.15) is 0 Å². The van der Waals surface area contributed by atoms with Gasteiger partial charge in [-0.15, -0.1) is 0 Å². The van der Waals surface area contributed by atoms with Crippen LogP contribution in [0.4, 0.5) is 0 Å². The maximum absolute atomic E-state index is 8.52. The summed E-state index contributed by atoms with van der Waals surface area (Å²) in [4.78, 5) is 17.0. The number of nitrogens with zero attached hydrogens (tertiary/aromatic N) is 1. The number of hydrogen-bond acceptors (Lipinski definition) is 4. The van der Waals surface area contributed by atoms with Crippen molar-refractivity contribution >= 4 is 9.17 Å². The molecule has 0 heterocycles. The first-order valence-corrected chi connectivity index (χ1v) is 2.06. The molecule has 0 saturated heterocycles. The van der Waals surface area contributed by atoms with E-state index in [9.17, 15) is 0 Å². The van der Waals surface area contributed by atoms with Crippen LogP contribution < -0.4 is 39.1 Å². The first-order chi connectivity index (χ1) is 2.73. The van der Waals surface area contributed by atoms with Crippen LogP contribution in [0.25, 0.3) is 0 Å². The van der Waals surface area contributed by atoms with Crippen molar-refractivity contribution in [2.24, 2.45) is 0 Å². The fourth-order valence-corrected chi connectivity index (χ4v) is 0. The van der Waals surface area contributed by atoms with Gasteiger partial charge in [-0.3, -0.25) is 0 Å². The van der Waals surface area contributed by atoms with Crippen molar-refractivity contribution in [3.63, 3.8) is 0 Å². The molecule has 0 aromatic rings. The molecule has 34 valence electrons. The van der Waals surface area contributed by atoms with E-state index < -0.39 is 9.17 Å². The Kier molecular flexibility index (Phi) is 37.0. The summed E-state index contributed by atoms with van der Waals surface area (Å²) >= 11 is 0. The van der Waals surface area contributed by atoms with Gasteiger partial charge in [0, 0.05) is 9.17 Å². The second-order valence-corrected chi connectivity index (χ2v) is 0.750. The van der Waals surface area contributed by atoms with E-state index in [-0.39, 0.29) is 29.6 Å². The summed E-state index contributed by atoms with van der Waals surface area (Å²) in [5, 5.41) is 6.25. The molecule has 0 aliphatic carbocycles. The van der Waals surface area contributed by atoms with Crippen molar-refractivity contribution in [1.82, 2.24) is 0 Å². The average Bonchev–Trinajstić information content (AvgIpc) is 1.41. The fraction of sp³-hybridized carbons (Fsp3) is 0. The van der Waals surface area contributed by atoms with Crippen molar-refractivity contribution in [3.8, 4) is 0 Å². The van der Waals surface area contributed by atoms with Crippen LogP contribution in [0.15, 0.2) is 0 Å². The summed E-state index contributed by atoms with van der Waals surface area (Å²) in [5.74, 6) is 0. The van der Waals surface area contributed by atoms with Crippen molar-refractivity contribution in [2.45, 2.75) is 0 Å². The molecule has 0 spiro atoms. The Balaban J connectivity index is -0.0000000480. The number of rotatable bonds is 0. The van der Waals surface area contributed by atoms with Crippen molar-refractivity contribution in [1.29, 1.82) is 5.26 Å². The minimum absolute atomic E-state index is 0. The largest absolute Gasteiger partial charge is 1.00 e. The van der Waals surface area contributed by atoms with Crippen molar-refractivity contribution < 1.29 is 43.6 Å². The minimum atomic E-state index is -3.63. The van der Waals surface area contributed by atoms with Crippen LogP contribution in [0.5, 0.6) is 0 Å². The van der Waals surface area contributed by atoms with Gasteiger partial charge in [-0.2, -0.15) is 0 Å². The summed E-state index contributed by atoms with van der Waals surface area (Å²) in [6.45, 7) is 4.75. The molecule has 0 fully saturated rings. The average molecular weight is 125 g/mol. The Labute approximate surface area is 64.6 Å². The van der Waals surface area contributed by atoms with E-state index in [0.717, 1.165) is 0 Å². The third-order valence-electron chi connectivity index (χ3n) is 0. The molecule has 0 aromatic carbocycles. The third-order valence-corrected chi connectivity index (χ3v) is 0. The molecular weight excluding hydrogens is 125 g/mol. The molecular formula is CNNaO3Si-2. The van der Waals surface area contributed by atoms with E-state index in [1.165, 1.54) is 0 Å². The molecule has 4 nitrogen and oxygen atoms in total. The van der Waals surface area contributed by atoms with Gasteiger partial charge in [-0.05, 0) is 0 Å². The Morgan fingerprint density at radius 1 is 1.43 bits per heavy atom. The van der Waals surface area contributed by atoms with E-state index >= 15 is 0 Å². The Bertz CT molecular complexity index is 59.2. The topological polar surface area (TPSA) is 87.0 Å². The van der Waals surface area contributed by atoms with Gasteiger partial charge < -0.3 is 25.9 Å². The minimum Gasteiger partial charge on any atom is -0.672 e. The van der Waals surface area contributed by atoms with E-state index in [1.54, 1.807) is 0 Å². The van der Waals surface area contributed by atoms with Crippen LogP contribution >= 0.6 is 0 Å². The summed E-state index contributed by atoms with van der Waals surface area (Å²) in [6, 6.07) is 0. The van der Waals surface area contributed by atoms with Crippen molar-refractivity contribution in [3.05, 3.63) is 6.57 Å². The van der Waals surface area contributed by atoms with Crippen LogP contribution in [0, 0.1) is 11.8 Å². The second kappa shape index (κ2) is 16.5. The zero-order valence-corrected chi connectivity index (χ0v) is 6.67. The van der Waals surface area contributed by atoms with Gasteiger partial charge >= 0.3 is 29.6 Å². The standard InChI is InChI=1S/CN.Na.O3Si/c1-2;;1-4(2)3/q-1;+1;-2. The summed E-state index contributed by atoms with van der Waals surface area (Å²) in [7, 11) is -3.63. The Morgan fingerprint density at radius 3 is 1.43 bits per heavy atom. The quantitative estimate of drug-likeness (QED) is 0.238. The summed E-state index contributed by atoms with van der Waals surface area (Å²) in [5.41, 5.74) is 0. The molecule has 0 aliphatic heterocycles. The maximum Gasteiger partial charge on any atom is 1.00 e. The molecule has 0 unspecified atom stereocenters. The molecule has 0 N–H and O–H groups in total. The first-order valence-electron chi connectivity index (χ1n) is 0.836. The van der Waals surface area contributed by atoms with Gasteiger partial charge in [0.25, 0.3) is 0 Å². The van der Waals surface area contributed by atoms with Gasteiger partial charge in [0.2, 0.25) is 0 Å². The smallest absolute Gasteiger partial charge is 0.672 e. The summed E-state index contributed by atoms with van der Waals surface area (Å²) < 4.78 is 8.52. The zero-order valence-electron chi connectivity index (χ0n) is 3.67. The molecule has 0 atom stereocenters. The third kappa shape index (κ3) is 9020. The molecule has 0 aliphatic rings. The molecule has 0 saturated carbocycles. The maximum atomic E-state index is 8.52. The van der Waals surface area contributed by atoms with Gasteiger partial charge in [0.15, 0.2) is 0 Å². The van der Waals surface area contributed by atoms with Crippen LogP contribution in [0.3, 0.4) is 0 Å². The Hall–Kier alpha value is 0.107. The SMILES string of the molecule is O=[Si]([O-])[O-].[C-]#N.[Na+]. The predicted octanol–water partition coefficient (Wildman–Crippen LogP) is -5.78. The molecule has 0 rings (SSSR count). The monoisotopic (exact) mass is 125 g/mol. The summed E-state index contributed by atoms with van der Waals surface area (Å²) in [6.07, 6.45) is 0. The molecule has 6 heteroatoms. The normalized spacial score (nSPS) is 3.71. The van der Waals surface area contributed by atoms with Crippen LogP contribution in [0.2, 0.25) is 0 Å². The van der Waals surface area contributed by atoms with Crippen LogP contribution in [-0.4, -0.2) is 9.17 Å². The number of hydrogen-bond donors (Lipinski definition) is 0. The molecule has 0 radical (unpaired) electrons. The second-order valence-electron chi connectivity index (χ2n) is 0.250. The molecule has 0 aromatic heterocycles. The van der Waals surface area contributed by atoms with Gasteiger partial charge in [0.1, 0.15) is 0 Å². The van der Waals surface area contributed by atoms with E-state index in [0.29, 0.717) is 0 Å². The van der Waals surface area contributed by atoms with E-state index in [1.807, 2.05) is 0 Å². The van der Waals surface area contributed by atoms with Gasteiger partial charge in [0.05, 0.1) is 0 Å². The van der Waals surface area contributed by atoms with Gasteiger partial charge in [-0.25, -0.2) is 0 Å². The predicted molar refractivity (Wildman–Crippen MR) is 11.4 cm³/mol. The fourth-order valence-electron chi connectivity index (χ4n) is 0.